The summed E-state index contributed by atoms with van der Waals surface area (Å²) >= 11 is 1.12. The molecule has 0 saturated heterocycles. The van der Waals surface area contributed by atoms with Crippen LogP contribution in [0.1, 0.15) is 5.56 Å². The summed E-state index contributed by atoms with van der Waals surface area (Å²) in [5.41, 5.74) is 1.73. The number of fused-ring (bicyclic) bond motifs is 1. The number of ketones is 1. The van der Waals surface area contributed by atoms with Crippen molar-refractivity contribution in [1.82, 2.24) is 0 Å². The first-order valence-electron chi connectivity index (χ1n) is 4.74. The van der Waals surface area contributed by atoms with Gasteiger partial charge in [-0.05, 0) is 24.6 Å². The Morgan fingerprint density at radius 1 is 1.41 bits per heavy atom. The van der Waals surface area contributed by atoms with Gasteiger partial charge in [0.25, 0.3) is 5.78 Å². The number of benzene rings is 1. The number of carbonyl (C=O) groups is 1. The summed E-state index contributed by atoms with van der Waals surface area (Å²) in [6.45, 7) is 1.88. The van der Waals surface area contributed by atoms with Crippen LogP contribution in [0.4, 0.5) is 18.9 Å². The number of thioether (sulfide) groups is 1. The molecule has 1 aromatic carbocycles. The van der Waals surface area contributed by atoms with Crippen molar-refractivity contribution in [3.05, 3.63) is 34.9 Å². The maximum atomic E-state index is 12.1. The number of alkyl halides is 3. The van der Waals surface area contributed by atoms with Gasteiger partial charge >= 0.3 is 6.18 Å². The molecule has 0 amide bonds. The molecule has 0 radical (unpaired) electrons. The standard InChI is InChI=1S/C11H8F3NOS/c1-6-2-3-8-7(4-6)15-10(17-8)5-9(16)11(12,13)14/h2-5,15H,1H3. The molecule has 0 spiro atoms. The summed E-state index contributed by atoms with van der Waals surface area (Å²) in [6.07, 6.45) is -4.24. The second kappa shape index (κ2) is 4.10. The maximum Gasteiger partial charge on any atom is 0.454 e. The zero-order chi connectivity index (χ0) is 12.6. The Labute approximate surface area is 99.9 Å². The van der Waals surface area contributed by atoms with Crippen molar-refractivity contribution >= 4 is 23.2 Å². The summed E-state index contributed by atoms with van der Waals surface area (Å²) in [7, 11) is 0. The lowest BCUT2D eigenvalue weighted by molar-refractivity contribution is -0.165. The van der Waals surface area contributed by atoms with Crippen molar-refractivity contribution in [2.45, 2.75) is 18.0 Å². The minimum absolute atomic E-state index is 0.202. The van der Waals surface area contributed by atoms with Crippen molar-refractivity contribution in [2.75, 3.05) is 5.32 Å². The Kier molecular flexibility index (Phi) is 2.91. The second-order valence-electron chi connectivity index (χ2n) is 3.60. The van der Waals surface area contributed by atoms with E-state index in [2.05, 4.69) is 5.32 Å². The lowest BCUT2D eigenvalue weighted by atomic mass is 10.2. The van der Waals surface area contributed by atoms with E-state index in [1.807, 2.05) is 19.1 Å². The van der Waals surface area contributed by atoms with Gasteiger partial charge in [0.2, 0.25) is 0 Å². The summed E-state index contributed by atoms with van der Waals surface area (Å²) in [5, 5.41) is 2.98. The van der Waals surface area contributed by atoms with Crippen LogP contribution >= 0.6 is 11.8 Å². The van der Waals surface area contributed by atoms with E-state index in [4.69, 9.17) is 0 Å². The first-order chi connectivity index (χ1) is 7.86. The Balaban J connectivity index is 2.21. The Hall–Kier alpha value is -1.43. The minimum Gasteiger partial charge on any atom is -0.349 e. The Morgan fingerprint density at radius 2 is 2.12 bits per heavy atom. The van der Waals surface area contributed by atoms with Gasteiger partial charge in [-0.25, -0.2) is 0 Å². The lowest BCUT2D eigenvalue weighted by Crippen LogP contribution is -2.20. The predicted octanol–water partition coefficient (Wildman–Crippen LogP) is 3.49. The highest BCUT2D eigenvalue weighted by Gasteiger charge is 2.37. The summed E-state index contributed by atoms with van der Waals surface area (Å²) < 4.78 is 36.2. The van der Waals surface area contributed by atoms with Crippen LogP contribution in [0, 0.1) is 6.92 Å². The van der Waals surface area contributed by atoms with Crippen molar-refractivity contribution in [2.24, 2.45) is 0 Å². The molecule has 1 N–H and O–H groups in total. The highest BCUT2D eigenvalue weighted by Crippen LogP contribution is 2.41. The Morgan fingerprint density at radius 3 is 2.76 bits per heavy atom. The van der Waals surface area contributed by atoms with Crippen LogP contribution in [0.2, 0.25) is 0 Å². The van der Waals surface area contributed by atoms with Gasteiger partial charge in [-0.3, -0.25) is 4.79 Å². The molecular weight excluding hydrogens is 251 g/mol. The van der Waals surface area contributed by atoms with Gasteiger partial charge < -0.3 is 5.32 Å². The third kappa shape index (κ3) is 2.63. The van der Waals surface area contributed by atoms with Gasteiger partial charge in [0, 0.05) is 11.0 Å². The maximum absolute atomic E-state index is 12.1. The van der Waals surface area contributed by atoms with E-state index in [1.165, 1.54) is 0 Å². The van der Waals surface area contributed by atoms with Crippen molar-refractivity contribution in [3.63, 3.8) is 0 Å². The van der Waals surface area contributed by atoms with Gasteiger partial charge in [-0.15, -0.1) is 0 Å². The molecule has 2 rings (SSSR count). The molecule has 90 valence electrons. The number of allylic oxidation sites excluding steroid dienone is 1. The van der Waals surface area contributed by atoms with Crippen LogP contribution in [0.15, 0.2) is 34.2 Å². The normalized spacial score (nSPS) is 16.8. The summed E-state index contributed by atoms with van der Waals surface area (Å²) in [4.78, 5) is 11.6. The SMILES string of the molecule is Cc1ccc2c(c1)NC(=CC(=O)C(F)(F)F)S2. The molecule has 0 unspecified atom stereocenters. The molecular formula is C11H8F3NOS. The second-order valence-corrected chi connectivity index (χ2v) is 4.68. The number of anilines is 1. The topological polar surface area (TPSA) is 29.1 Å². The molecule has 0 fully saturated rings. The van der Waals surface area contributed by atoms with Crippen LogP contribution in [-0.2, 0) is 4.79 Å². The number of nitrogens with one attached hydrogen (secondary N) is 1. The van der Waals surface area contributed by atoms with Crippen LogP contribution in [0.3, 0.4) is 0 Å². The molecule has 0 aromatic heterocycles. The highest BCUT2D eigenvalue weighted by molar-refractivity contribution is 8.03. The van der Waals surface area contributed by atoms with Gasteiger partial charge in [0.1, 0.15) is 0 Å². The molecule has 0 saturated carbocycles. The summed E-state index contributed by atoms with van der Waals surface area (Å²) in [5.74, 6) is -1.85. The fourth-order valence-electron chi connectivity index (χ4n) is 1.37. The van der Waals surface area contributed by atoms with E-state index < -0.39 is 12.0 Å². The molecule has 6 heteroatoms. The molecule has 2 nitrogen and oxygen atoms in total. The monoisotopic (exact) mass is 259 g/mol. The number of halogens is 3. The van der Waals surface area contributed by atoms with E-state index in [0.29, 0.717) is 6.08 Å². The molecule has 1 aliphatic rings. The molecule has 0 atom stereocenters. The van der Waals surface area contributed by atoms with E-state index in [-0.39, 0.29) is 5.03 Å². The molecule has 0 bridgehead atoms. The quantitative estimate of drug-likeness (QED) is 0.783. The average Bonchev–Trinajstić information content (AvgIpc) is 2.57. The Bertz CT molecular complexity index is 508. The van der Waals surface area contributed by atoms with Crippen molar-refractivity contribution in [1.29, 1.82) is 0 Å². The zero-order valence-electron chi connectivity index (χ0n) is 8.76. The number of aryl methyl sites for hydroxylation is 1. The smallest absolute Gasteiger partial charge is 0.349 e. The van der Waals surface area contributed by atoms with Crippen LogP contribution in [0.5, 0.6) is 0 Å². The minimum atomic E-state index is -4.82. The fraction of sp³-hybridized carbons (Fsp3) is 0.182. The number of hydrogen-bond acceptors (Lipinski definition) is 3. The molecule has 17 heavy (non-hydrogen) atoms. The largest absolute Gasteiger partial charge is 0.454 e. The molecule has 1 heterocycles. The van der Waals surface area contributed by atoms with E-state index in [0.717, 1.165) is 27.9 Å². The van der Waals surface area contributed by atoms with Crippen LogP contribution in [-0.4, -0.2) is 12.0 Å². The van der Waals surface area contributed by atoms with Gasteiger partial charge in [0.05, 0.1) is 10.7 Å². The summed E-state index contributed by atoms with van der Waals surface area (Å²) in [6, 6.07) is 5.49. The average molecular weight is 259 g/mol. The third-order valence-corrected chi connectivity index (χ3v) is 3.17. The number of carbonyl (C=O) groups excluding carboxylic acids is 1. The van der Waals surface area contributed by atoms with Gasteiger partial charge in [-0.2, -0.15) is 13.2 Å². The zero-order valence-corrected chi connectivity index (χ0v) is 9.58. The van der Waals surface area contributed by atoms with Gasteiger partial charge in [0.15, 0.2) is 0 Å². The molecule has 0 aliphatic carbocycles. The van der Waals surface area contributed by atoms with Crippen LogP contribution < -0.4 is 5.32 Å². The number of hydrogen-bond donors (Lipinski definition) is 1. The molecule has 1 aromatic rings. The number of rotatable bonds is 1. The van der Waals surface area contributed by atoms with Crippen molar-refractivity contribution in [3.8, 4) is 0 Å². The molecule has 1 aliphatic heterocycles. The van der Waals surface area contributed by atoms with Crippen molar-refractivity contribution < 1.29 is 18.0 Å². The van der Waals surface area contributed by atoms with Crippen LogP contribution in [0.25, 0.3) is 0 Å². The fourth-order valence-corrected chi connectivity index (χ4v) is 2.29. The third-order valence-electron chi connectivity index (χ3n) is 2.15. The highest BCUT2D eigenvalue weighted by atomic mass is 32.2. The lowest BCUT2D eigenvalue weighted by Gasteiger charge is -2.02. The predicted molar refractivity (Wildman–Crippen MR) is 59.8 cm³/mol. The first kappa shape index (κ1) is 12.0. The van der Waals surface area contributed by atoms with E-state index >= 15 is 0 Å². The first-order valence-corrected chi connectivity index (χ1v) is 5.56. The van der Waals surface area contributed by atoms with E-state index in [1.54, 1.807) is 6.07 Å². The van der Waals surface area contributed by atoms with Gasteiger partial charge in [-0.1, -0.05) is 17.8 Å². The van der Waals surface area contributed by atoms with E-state index in [9.17, 15) is 18.0 Å².